The van der Waals surface area contributed by atoms with Crippen molar-refractivity contribution in [1.29, 1.82) is 0 Å². The van der Waals surface area contributed by atoms with Gasteiger partial charge < -0.3 is 9.47 Å². The van der Waals surface area contributed by atoms with E-state index in [1.807, 2.05) is 36.4 Å². The zero-order chi connectivity index (χ0) is 19.8. The van der Waals surface area contributed by atoms with Crippen LogP contribution in [0.25, 0.3) is 0 Å². The normalized spacial score (nSPS) is 10.9. The summed E-state index contributed by atoms with van der Waals surface area (Å²) < 4.78 is 11.5. The summed E-state index contributed by atoms with van der Waals surface area (Å²) in [6.07, 6.45) is 2.29. The zero-order valence-corrected chi connectivity index (χ0v) is 16.5. The topological polar surface area (TPSA) is 52.6 Å². The second-order valence-electron chi connectivity index (χ2n) is 7.19. The molecule has 0 aromatic heterocycles. The van der Waals surface area contributed by atoms with Crippen molar-refractivity contribution in [3.63, 3.8) is 0 Å². The summed E-state index contributed by atoms with van der Waals surface area (Å²) in [7, 11) is 0. The van der Waals surface area contributed by atoms with Crippen LogP contribution in [0.5, 0.6) is 11.5 Å². The molecule has 0 heterocycles. The van der Waals surface area contributed by atoms with Crippen LogP contribution in [0.1, 0.15) is 77.8 Å². The molecule has 0 amide bonds. The molecule has 0 unspecified atom stereocenters. The van der Waals surface area contributed by atoms with Crippen molar-refractivity contribution in [1.82, 2.24) is 0 Å². The highest BCUT2D eigenvalue weighted by molar-refractivity contribution is 5.80. The van der Waals surface area contributed by atoms with E-state index in [2.05, 4.69) is 27.7 Å². The molecule has 4 heteroatoms. The van der Waals surface area contributed by atoms with E-state index < -0.39 is 0 Å². The first-order valence-corrected chi connectivity index (χ1v) is 9.40. The van der Waals surface area contributed by atoms with E-state index >= 15 is 0 Å². The van der Waals surface area contributed by atoms with Gasteiger partial charge in [0.2, 0.25) is 0 Å². The van der Waals surface area contributed by atoms with Crippen LogP contribution in [0.3, 0.4) is 0 Å². The molecule has 0 radical (unpaired) electrons. The molecule has 0 aliphatic carbocycles. The van der Waals surface area contributed by atoms with Crippen LogP contribution in [0.15, 0.2) is 36.4 Å². The van der Waals surface area contributed by atoms with E-state index in [0.29, 0.717) is 54.1 Å². The van der Waals surface area contributed by atoms with Crippen LogP contribution in [-0.2, 0) is 0 Å². The second kappa shape index (κ2) is 9.91. The van der Waals surface area contributed by atoms with Crippen molar-refractivity contribution in [2.45, 2.75) is 46.0 Å². The summed E-state index contributed by atoms with van der Waals surface area (Å²) in [6, 6.07) is 11.4. The summed E-state index contributed by atoms with van der Waals surface area (Å²) in [6.45, 7) is 9.21. The van der Waals surface area contributed by atoms with Gasteiger partial charge in [0.05, 0.1) is 24.3 Å². The molecule has 4 nitrogen and oxygen atoms in total. The molecule has 0 saturated carbocycles. The Bertz CT molecular complexity index is 712. The van der Waals surface area contributed by atoms with Gasteiger partial charge in [0.1, 0.15) is 11.5 Å². The van der Waals surface area contributed by atoms with Gasteiger partial charge in [-0.3, -0.25) is 9.59 Å². The molecule has 0 spiro atoms. The number of carbonyl (C=O) groups is 2. The molecule has 0 atom stereocenters. The predicted molar refractivity (Wildman–Crippen MR) is 107 cm³/mol. The fourth-order valence-corrected chi connectivity index (χ4v) is 2.72. The summed E-state index contributed by atoms with van der Waals surface area (Å²) in [5, 5.41) is 0. The van der Waals surface area contributed by atoms with Gasteiger partial charge >= 0.3 is 0 Å². The van der Waals surface area contributed by atoms with Crippen LogP contribution in [0, 0.1) is 0 Å². The Morgan fingerprint density at radius 2 is 1.15 bits per heavy atom. The van der Waals surface area contributed by atoms with Crippen molar-refractivity contribution in [3.8, 4) is 11.5 Å². The molecule has 0 aliphatic heterocycles. The molecule has 0 N–H and O–H groups in total. The maximum Gasteiger partial charge on any atom is 0.153 e. The van der Waals surface area contributed by atoms with E-state index in [0.717, 1.165) is 23.7 Å². The number of hydrogen-bond acceptors (Lipinski definition) is 4. The highest BCUT2D eigenvalue weighted by atomic mass is 16.5. The molecule has 27 heavy (non-hydrogen) atoms. The molecule has 0 saturated heterocycles. The quantitative estimate of drug-likeness (QED) is 0.416. The van der Waals surface area contributed by atoms with Crippen LogP contribution < -0.4 is 9.47 Å². The summed E-state index contributed by atoms with van der Waals surface area (Å²) in [5.74, 6) is 1.90. The van der Waals surface area contributed by atoms with Gasteiger partial charge in [0, 0.05) is 6.42 Å². The van der Waals surface area contributed by atoms with Crippen LogP contribution in [0.2, 0.25) is 0 Å². The predicted octanol–water partition coefficient (Wildman–Crippen LogP) is 5.41. The zero-order valence-electron chi connectivity index (χ0n) is 16.5. The highest BCUT2D eigenvalue weighted by Crippen LogP contribution is 2.24. The van der Waals surface area contributed by atoms with E-state index in [1.165, 1.54) is 0 Å². The molecule has 2 aromatic carbocycles. The Morgan fingerprint density at radius 3 is 1.48 bits per heavy atom. The smallest absolute Gasteiger partial charge is 0.153 e. The number of hydrogen-bond donors (Lipinski definition) is 0. The third-order valence-corrected chi connectivity index (χ3v) is 4.46. The van der Waals surface area contributed by atoms with Crippen molar-refractivity contribution >= 4 is 12.6 Å². The molecular weight excluding hydrogens is 340 g/mol. The van der Waals surface area contributed by atoms with Crippen molar-refractivity contribution in [2.24, 2.45) is 0 Å². The summed E-state index contributed by atoms with van der Waals surface area (Å²) >= 11 is 0. The van der Waals surface area contributed by atoms with Gasteiger partial charge in [0.25, 0.3) is 0 Å². The maximum atomic E-state index is 11.3. The fraction of sp³-hybridized carbons (Fsp3) is 0.391. The number of benzene rings is 2. The molecular formula is C23H28O4. The first kappa shape index (κ1) is 20.7. The van der Waals surface area contributed by atoms with E-state index in [-0.39, 0.29) is 0 Å². The molecule has 2 rings (SSSR count). The molecule has 0 aliphatic rings. The monoisotopic (exact) mass is 368 g/mol. The average molecular weight is 368 g/mol. The lowest BCUT2D eigenvalue weighted by atomic mass is 10.0. The standard InChI is InChI=1S/C23H28O4/c1-16(2)18-6-8-22(20(12-18)14-24)26-10-5-11-27-23-9-7-19(17(3)4)13-21(23)15-25/h6-9,12-17H,5,10-11H2,1-4H3. The molecule has 2 aromatic rings. The SMILES string of the molecule is CC(C)c1ccc(OCCCOc2ccc(C(C)C)cc2C=O)c(C=O)c1. The third kappa shape index (κ3) is 5.68. The molecule has 0 fully saturated rings. The summed E-state index contributed by atoms with van der Waals surface area (Å²) in [4.78, 5) is 22.6. The fourth-order valence-electron chi connectivity index (χ4n) is 2.72. The summed E-state index contributed by atoms with van der Waals surface area (Å²) in [5.41, 5.74) is 3.35. The second-order valence-corrected chi connectivity index (χ2v) is 7.19. The van der Waals surface area contributed by atoms with E-state index in [9.17, 15) is 9.59 Å². The number of aldehydes is 2. The number of rotatable bonds is 10. The largest absolute Gasteiger partial charge is 0.493 e. The Kier molecular flexibility index (Phi) is 7.59. The van der Waals surface area contributed by atoms with Crippen LogP contribution in [0.4, 0.5) is 0 Å². The highest BCUT2D eigenvalue weighted by Gasteiger charge is 2.09. The lowest BCUT2D eigenvalue weighted by Gasteiger charge is -2.13. The van der Waals surface area contributed by atoms with E-state index in [4.69, 9.17) is 9.47 Å². The molecule has 0 bridgehead atoms. The van der Waals surface area contributed by atoms with Crippen LogP contribution in [-0.4, -0.2) is 25.8 Å². The van der Waals surface area contributed by atoms with Crippen molar-refractivity contribution in [3.05, 3.63) is 58.7 Å². The minimum Gasteiger partial charge on any atom is -0.493 e. The Hall–Kier alpha value is -2.62. The Balaban J connectivity index is 1.87. The van der Waals surface area contributed by atoms with Crippen molar-refractivity contribution in [2.75, 3.05) is 13.2 Å². The number of carbonyl (C=O) groups excluding carboxylic acids is 2. The van der Waals surface area contributed by atoms with Gasteiger partial charge in [-0.05, 0) is 47.2 Å². The van der Waals surface area contributed by atoms with E-state index in [1.54, 1.807) is 0 Å². The molecule has 144 valence electrons. The average Bonchev–Trinajstić information content (AvgIpc) is 2.67. The van der Waals surface area contributed by atoms with Crippen LogP contribution >= 0.6 is 0 Å². The first-order chi connectivity index (χ1) is 13.0. The minimum atomic E-state index is 0.361. The number of ether oxygens (including phenoxy) is 2. The van der Waals surface area contributed by atoms with Gasteiger partial charge in [-0.2, -0.15) is 0 Å². The van der Waals surface area contributed by atoms with Gasteiger partial charge in [-0.15, -0.1) is 0 Å². The van der Waals surface area contributed by atoms with Gasteiger partial charge in [-0.1, -0.05) is 39.8 Å². The lowest BCUT2D eigenvalue weighted by Crippen LogP contribution is -2.07. The van der Waals surface area contributed by atoms with Gasteiger partial charge in [0.15, 0.2) is 12.6 Å². The lowest BCUT2D eigenvalue weighted by molar-refractivity contribution is 0.111. The first-order valence-electron chi connectivity index (χ1n) is 9.40. The third-order valence-electron chi connectivity index (χ3n) is 4.46. The minimum absolute atomic E-state index is 0.361. The Labute approximate surface area is 161 Å². The van der Waals surface area contributed by atoms with Crippen molar-refractivity contribution < 1.29 is 19.1 Å². The Morgan fingerprint density at radius 1 is 0.741 bits per heavy atom. The van der Waals surface area contributed by atoms with Gasteiger partial charge in [-0.25, -0.2) is 0 Å². The maximum absolute atomic E-state index is 11.3.